The highest BCUT2D eigenvalue weighted by atomic mass is 127. The molecule has 0 unspecified atom stereocenters. The van der Waals surface area contributed by atoms with Crippen LogP contribution in [-0.4, -0.2) is 17.7 Å². The molecule has 256 valence electrons. The van der Waals surface area contributed by atoms with Crippen LogP contribution in [0.1, 0.15) is 33.2 Å². The highest BCUT2D eigenvalue weighted by molar-refractivity contribution is 14.1. The number of aromatic hydroxyl groups is 1. The molecule has 0 aliphatic carbocycles. The van der Waals surface area contributed by atoms with Gasteiger partial charge in [-0.2, -0.15) is 5.26 Å². The summed E-state index contributed by atoms with van der Waals surface area (Å²) in [5, 5.41) is 17.4. The summed E-state index contributed by atoms with van der Waals surface area (Å²) in [6.45, 7) is 1.43. The van der Waals surface area contributed by atoms with Gasteiger partial charge in [-0.3, -0.25) is 9.59 Å². The van der Waals surface area contributed by atoms with Crippen molar-refractivity contribution in [3.8, 4) is 58.5 Å². The van der Waals surface area contributed by atoms with E-state index in [2.05, 4.69) is 5.92 Å². The summed E-state index contributed by atoms with van der Waals surface area (Å²) in [6, 6.07) is 48.4. The first-order valence-corrected chi connectivity index (χ1v) is 16.8. The Balaban J connectivity index is 0.000000184. The summed E-state index contributed by atoms with van der Waals surface area (Å²) in [7, 11) is 0. The number of carbonyl (C=O) groups is 2. The number of halogens is 1. The molecular weight excluding hydrogens is 765 g/mol. The van der Waals surface area contributed by atoms with Crippen LogP contribution in [0.15, 0.2) is 156 Å². The number of nitrogens with zero attached hydrogens (tertiary/aromatic N) is 1. The number of phenolic OH excluding ortho intramolecular Hbond substituents is 1. The SMILES string of the molecule is C#Cc1ccc(Oc2ccccc2)cc1.CC#N.O=Cc1ccc(I)c(O)c1.O=Cc1ccc2cc(-c3ccc(Oc4ccccc4)cc3)oc2c1. The second kappa shape index (κ2) is 20.1. The maximum atomic E-state index is 10.9. The number of para-hydroxylation sites is 2. The van der Waals surface area contributed by atoms with Gasteiger partial charge in [0, 0.05) is 34.6 Å². The van der Waals surface area contributed by atoms with Crippen LogP contribution in [0.4, 0.5) is 0 Å². The molecule has 52 heavy (non-hydrogen) atoms. The zero-order chi connectivity index (χ0) is 37.1. The Morgan fingerprint density at radius 3 is 1.65 bits per heavy atom. The van der Waals surface area contributed by atoms with Gasteiger partial charge >= 0.3 is 0 Å². The number of aldehydes is 2. The van der Waals surface area contributed by atoms with Gasteiger partial charge in [0.2, 0.25) is 0 Å². The van der Waals surface area contributed by atoms with Crippen LogP contribution >= 0.6 is 22.6 Å². The molecule has 0 radical (unpaired) electrons. The maximum absolute atomic E-state index is 10.9. The van der Waals surface area contributed by atoms with Crippen molar-refractivity contribution in [1.29, 1.82) is 5.26 Å². The molecule has 1 N–H and O–H groups in total. The highest BCUT2D eigenvalue weighted by Crippen LogP contribution is 2.30. The predicted octanol–water partition coefficient (Wildman–Crippen LogP) is 11.5. The number of hydrogen-bond acceptors (Lipinski definition) is 7. The number of carbonyl (C=O) groups excluding carboxylic acids is 2. The number of hydrogen-bond donors (Lipinski definition) is 1. The number of terminal acetylenes is 1. The number of fused-ring (bicyclic) bond motifs is 1. The number of benzene rings is 6. The van der Waals surface area contributed by atoms with Crippen LogP contribution in [-0.2, 0) is 0 Å². The molecule has 0 aliphatic rings. The largest absolute Gasteiger partial charge is 0.507 e. The van der Waals surface area contributed by atoms with Crippen LogP contribution in [0.5, 0.6) is 28.7 Å². The van der Waals surface area contributed by atoms with Crippen LogP contribution in [0, 0.1) is 27.2 Å². The molecule has 0 aliphatic heterocycles. The quantitative estimate of drug-likeness (QED) is 0.0971. The summed E-state index contributed by atoms with van der Waals surface area (Å²) in [6.07, 6.45) is 6.78. The molecule has 0 atom stereocenters. The van der Waals surface area contributed by atoms with E-state index in [-0.39, 0.29) is 5.75 Å². The van der Waals surface area contributed by atoms with Crippen molar-refractivity contribution in [2.75, 3.05) is 0 Å². The van der Waals surface area contributed by atoms with Crippen LogP contribution in [0.25, 0.3) is 22.3 Å². The molecule has 7 aromatic rings. The average Bonchev–Trinajstić information content (AvgIpc) is 3.62. The lowest BCUT2D eigenvalue weighted by atomic mass is 10.1. The summed E-state index contributed by atoms with van der Waals surface area (Å²) in [5.74, 6) is 6.67. The molecule has 0 saturated heterocycles. The zero-order valence-corrected chi connectivity index (χ0v) is 30.1. The van der Waals surface area contributed by atoms with Crippen molar-refractivity contribution in [2.45, 2.75) is 6.92 Å². The molecule has 0 amide bonds. The van der Waals surface area contributed by atoms with Crippen LogP contribution in [0.3, 0.4) is 0 Å². The normalized spacial score (nSPS) is 9.54. The summed E-state index contributed by atoms with van der Waals surface area (Å²) in [4.78, 5) is 21.0. The van der Waals surface area contributed by atoms with E-state index >= 15 is 0 Å². The minimum Gasteiger partial charge on any atom is -0.507 e. The fraction of sp³-hybridized carbons (Fsp3) is 0.0227. The van der Waals surface area contributed by atoms with Gasteiger partial charge in [-0.05, 0) is 120 Å². The van der Waals surface area contributed by atoms with E-state index in [0.717, 1.165) is 55.1 Å². The van der Waals surface area contributed by atoms with Crippen molar-refractivity contribution >= 4 is 46.1 Å². The monoisotopic (exact) mass is 797 g/mol. The fourth-order valence-electron chi connectivity index (χ4n) is 4.42. The lowest BCUT2D eigenvalue weighted by Crippen LogP contribution is -1.83. The smallest absolute Gasteiger partial charge is 0.150 e. The Morgan fingerprint density at radius 2 is 1.15 bits per heavy atom. The van der Waals surface area contributed by atoms with E-state index < -0.39 is 0 Å². The van der Waals surface area contributed by atoms with Crippen molar-refractivity contribution in [3.63, 3.8) is 0 Å². The molecule has 0 saturated carbocycles. The van der Waals surface area contributed by atoms with Gasteiger partial charge in [-0.1, -0.05) is 60.5 Å². The molecule has 0 spiro atoms. The van der Waals surface area contributed by atoms with Gasteiger partial charge in [-0.15, -0.1) is 6.42 Å². The van der Waals surface area contributed by atoms with E-state index in [1.807, 2.05) is 144 Å². The van der Waals surface area contributed by atoms with Gasteiger partial charge in [0.15, 0.2) is 0 Å². The number of furan rings is 1. The summed E-state index contributed by atoms with van der Waals surface area (Å²) < 4.78 is 18.0. The molecule has 0 bridgehead atoms. The second-order valence-corrected chi connectivity index (χ2v) is 11.8. The third kappa shape index (κ3) is 11.8. The molecule has 6 aromatic carbocycles. The van der Waals surface area contributed by atoms with Crippen molar-refractivity contribution < 1.29 is 28.6 Å². The van der Waals surface area contributed by atoms with Crippen LogP contribution in [0.2, 0.25) is 0 Å². The zero-order valence-electron chi connectivity index (χ0n) is 28.0. The first kappa shape index (κ1) is 38.2. The standard InChI is InChI=1S/C21H14O3.C14H10O.C7H5IO2.C2H3N/c22-14-15-6-7-17-13-21(24-20(17)12-15)16-8-10-19(11-9-16)23-18-4-2-1-3-5-18;1-2-12-8-10-14(11-9-12)15-13-6-4-3-5-7-13;8-6-2-1-5(4-9)3-7(6)10;1-2-3/h1-14H;1,3-11H;1-4,10H;1H3. The lowest BCUT2D eigenvalue weighted by Gasteiger charge is -2.05. The van der Waals surface area contributed by atoms with Crippen molar-refractivity contribution in [2.24, 2.45) is 0 Å². The lowest BCUT2D eigenvalue weighted by molar-refractivity contribution is 0.111. The number of ether oxygens (including phenoxy) is 2. The van der Waals surface area contributed by atoms with Gasteiger partial charge in [0.05, 0.1) is 9.64 Å². The molecule has 1 heterocycles. The minimum absolute atomic E-state index is 0.158. The maximum Gasteiger partial charge on any atom is 0.150 e. The van der Waals surface area contributed by atoms with E-state index in [0.29, 0.717) is 23.0 Å². The molecule has 0 fully saturated rings. The second-order valence-electron chi connectivity index (χ2n) is 10.6. The van der Waals surface area contributed by atoms with Gasteiger partial charge in [0.25, 0.3) is 0 Å². The molecular formula is C44H32INO6. The fourth-order valence-corrected chi connectivity index (χ4v) is 4.76. The topological polar surface area (TPSA) is 110 Å². The van der Waals surface area contributed by atoms with Gasteiger partial charge in [0.1, 0.15) is 52.7 Å². The first-order valence-electron chi connectivity index (χ1n) is 15.7. The highest BCUT2D eigenvalue weighted by Gasteiger charge is 2.08. The van der Waals surface area contributed by atoms with Crippen molar-refractivity contribution in [1.82, 2.24) is 0 Å². The van der Waals surface area contributed by atoms with Gasteiger partial charge < -0.3 is 19.0 Å². The Kier molecular flexibility index (Phi) is 14.8. The van der Waals surface area contributed by atoms with Crippen molar-refractivity contribution in [3.05, 3.63) is 172 Å². The minimum atomic E-state index is 0.158. The van der Waals surface area contributed by atoms with Gasteiger partial charge in [-0.25, -0.2) is 0 Å². The molecule has 7 nitrogen and oxygen atoms in total. The van der Waals surface area contributed by atoms with Crippen LogP contribution < -0.4 is 9.47 Å². The Labute approximate surface area is 315 Å². The van der Waals surface area contributed by atoms with E-state index in [4.69, 9.17) is 30.7 Å². The average molecular weight is 798 g/mol. The number of rotatable bonds is 7. The Morgan fingerprint density at radius 1 is 0.673 bits per heavy atom. The number of phenols is 1. The van der Waals surface area contributed by atoms with E-state index in [9.17, 15) is 9.59 Å². The predicted molar refractivity (Wildman–Crippen MR) is 212 cm³/mol. The summed E-state index contributed by atoms with van der Waals surface area (Å²) in [5.41, 5.74) is 3.63. The molecule has 1 aromatic heterocycles. The Bertz CT molecular complexity index is 2270. The molecule has 8 heteroatoms. The third-order valence-electron chi connectivity index (χ3n) is 6.90. The first-order chi connectivity index (χ1) is 25.3. The summed E-state index contributed by atoms with van der Waals surface area (Å²) >= 11 is 1.99. The molecule has 7 rings (SSSR count). The third-order valence-corrected chi connectivity index (χ3v) is 7.82. The van der Waals surface area contributed by atoms with E-state index in [1.165, 1.54) is 13.0 Å². The Hall–Kier alpha value is -6.62. The van der Waals surface area contributed by atoms with E-state index in [1.54, 1.807) is 30.3 Å². The number of nitriles is 1.